The van der Waals surface area contributed by atoms with E-state index in [0.29, 0.717) is 0 Å². The molecule has 0 unspecified atom stereocenters. The molecule has 0 radical (unpaired) electrons. The number of rotatable bonds is 4. The molecule has 2 rings (SSSR count). The maximum atomic E-state index is 5.45. The zero-order valence-corrected chi connectivity index (χ0v) is 10.2. The number of benzene rings is 1. The van der Waals surface area contributed by atoms with Gasteiger partial charge in [0.1, 0.15) is 5.75 Å². The Balaban J connectivity index is 2.40. The van der Waals surface area contributed by atoms with Gasteiger partial charge in [0.25, 0.3) is 0 Å². The molecule has 0 aliphatic carbocycles. The number of hydrogen-bond donors (Lipinski definition) is 1. The summed E-state index contributed by atoms with van der Waals surface area (Å²) in [7, 11) is 3.70. The molecule has 1 aliphatic rings. The van der Waals surface area contributed by atoms with Crippen molar-refractivity contribution in [2.45, 2.75) is 12.3 Å². The van der Waals surface area contributed by atoms with Crippen molar-refractivity contribution < 1.29 is 9.47 Å². The van der Waals surface area contributed by atoms with Crippen molar-refractivity contribution in [3.05, 3.63) is 29.3 Å². The third kappa shape index (κ3) is 1.81. The summed E-state index contributed by atoms with van der Waals surface area (Å²) < 4.78 is 10.8. The van der Waals surface area contributed by atoms with E-state index in [4.69, 9.17) is 9.47 Å². The molecule has 88 valence electrons. The summed E-state index contributed by atoms with van der Waals surface area (Å²) >= 11 is 0. The van der Waals surface area contributed by atoms with Crippen molar-refractivity contribution in [2.24, 2.45) is 0 Å². The second-order valence-corrected chi connectivity index (χ2v) is 4.51. The maximum absolute atomic E-state index is 5.45. The number of ether oxygens (including phenoxy) is 2. The van der Waals surface area contributed by atoms with E-state index in [1.165, 1.54) is 11.1 Å². The highest BCUT2D eigenvalue weighted by molar-refractivity contribution is 5.44. The number of nitrogens with one attached hydrogen (secondary N) is 1. The molecule has 1 aromatic rings. The van der Waals surface area contributed by atoms with Crippen LogP contribution >= 0.6 is 0 Å². The molecule has 0 spiro atoms. The van der Waals surface area contributed by atoms with Crippen LogP contribution in [0.3, 0.4) is 0 Å². The minimum absolute atomic E-state index is 0.0894. The van der Waals surface area contributed by atoms with Crippen LogP contribution in [0, 0.1) is 6.92 Å². The zero-order chi connectivity index (χ0) is 11.6. The Hall–Kier alpha value is -1.06. The Bertz CT molecular complexity index is 372. The fourth-order valence-corrected chi connectivity index (χ4v) is 2.28. The first-order valence-corrected chi connectivity index (χ1v) is 5.59. The smallest absolute Gasteiger partial charge is 0.122 e. The van der Waals surface area contributed by atoms with Gasteiger partial charge in [-0.15, -0.1) is 0 Å². The van der Waals surface area contributed by atoms with Gasteiger partial charge in [-0.25, -0.2) is 0 Å². The molecule has 0 aromatic heterocycles. The molecule has 0 amide bonds. The molecular formula is C13H19NO2. The van der Waals surface area contributed by atoms with Crippen molar-refractivity contribution >= 4 is 0 Å². The summed E-state index contributed by atoms with van der Waals surface area (Å²) in [5, 5.41) is 3.24. The van der Waals surface area contributed by atoms with Crippen molar-refractivity contribution in [1.29, 1.82) is 0 Å². The first-order valence-electron chi connectivity index (χ1n) is 5.59. The third-order valence-electron chi connectivity index (χ3n) is 3.20. The molecule has 1 saturated heterocycles. The SMILES string of the molecule is CNCC1(c2cc(C)ccc2OC)COC1. The van der Waals surface area contributed by atoms with Crippen molar-refractivity contribution in [2.75, 3.05) is 33.9 Å². The van der Waals surface area contributed by atoms with Crippen molar-refractivity contribution in [3.8, 4) is 5.75 Å². The van der Waals surface area contributed by atoms with Crippen LogP contribution in [0.25, 0.3) is 0 Å². The second-order valence-electron chi connectivity index (χ2n) is 4.51. The molecule has 1 heterocycles. The van der Waals surface area contributed by atoms with Gasteiger partial charge in [-0.3, -0.25) is 0 Å². The van der Waals surface area contributed by atoms with Crippen molar-refractivity contribution in [1.82, 2.24) is 5.32 Å². The van der Waals surface area contributed by atoms with Crippen LogP contribution in [0.2, 0.25) is 0 Å². The Labute approximate surface area is 96.8 Å². The number of hydrogen-bond acceptors (Lipinski definition) is 3. The molecular weight excluding hydrogens is 202 g/mol. The van der Waals surface area contributed by atoms with Gasteiger partial charge in [-0.1, -0.05) is 17.7 Å². The van der Waals surface area contributed by atoms with Gasteiger partial charge in [0.05, 0.1) is 25.7 Å². The van der Waals surface area contributed by atoms with E-state index in [9.17, 15) is 0 Å². The molecule has 1 fully saturated rings. The van der Waals surface area contributed by atoms with E-state index in [2.05, 4.69) is 24.4 Å². The highest BCUT2D eigenvalue weighted by Crippen LogP contribution is 2.38. The summed E-state index contributed by atoms with van der Waals surface area (Å²) in [5.74, 6) is 0.962. The van der Waals surface area contributed by atoms with Gasteiger partial charge in [0, 0.05) is 12.1 Å². The Morgan fingerprint density at radius 3 is 2.69 bits per heavy atom. The fraction of sp³-hybridized carbons (Fsp3) is 0.538. The summed E-state index contributed by atoms with van der Waals surface area (Å²) in [5.41, 5.74) is 2.61. The minimum Gasteiger partial charge on any atom is -0.496 e. The molecule has 1 aliphatic heterocycles. The molecule has 1 N–H and O–H groups in total. The summed E-state index contributed by atoms with van der Waals surface area (Å²) in [4.78, 5) is 0. The number of methoxy groups -OCH3 is 1. The average Bonchev–Trinajstić information content (AvgIpc) is 2.23. The third-order valence-corrected chi connectivity index (χ3v) is 3.20. The van der Waals surface area contributed by atoms with E-state index < -0.39 is 0 Å². The molecule has 0 atom stereocenters. The van der Waals surface area contributed by atoms with E-state index in [1.54, 1.807) is 7.11 Å². The van der Waals surface area contributed by atoms with Crippen LogP contribution in [0.1, 0.15) is 11.1 Å². The monoisotopic (exact) mass is 221 g/mol. The largest absolute Gasteiger partial charge is 0.496 e. The zero-order valence-electron chi connectivity index (χ0n) is 10.2. The predicted molar refractivity (Wildman–Crippen MR) is 64.2 cm³/mol. The molecule has 1 aromatic carbocycles. The Morgan fingerprint density at radius 1 is 1.44 bits per heavy atom. The average molecular weight is 221 g/mol. The fourth-order valence-electron chi connectivity index (χ4n) is 2.28. The molecule has 3 nitrogen and oxygen atoms in total. The standard InChI is InChI=1S/C13H19NO2/c1-10-4-5-12(15-3)11(6-10)13(7-14-2)8-16-9-13/h4-6,14H,7-9H2,1-3H3. The Kier molecular flexibility index (Phi) is 3.17. The number of likely N-dealkylation sites (N-methyl/N-ethyl adjacent to an activating group) is 1. The molecule has 16 heavy (non-hydrogen) atoms. The van der Waals surface area contributed by atoms with Crippen molar-refractivity contribution in [3.63, 3.8) is 0 Å². The molecule has 3 heteroatoms. The predicted octanol–water partition coefficient (Wildman–Crippen LogP) is 1.49. The van der Waals surface area contributed by atoms with Gasteiger partial charge in [-0.05, 0) is 20.0 Å². The van der Waals surface area contributed by atoms with Gasteiger partial charge < -0.3 is 14.8 Å². The first kappa shape index (κ1) is 11.4. The molecule has 0 saturated carbocycles. The highest BCUT2D eigenvalue weighted by atomic mass is 16.5. The van der Waals surface area contributed by atoms with Crippen LogP contribution < -0.4 is 10.1 Å². The van der Waals surface area contributed by atoms with Crippen LogP contribution in [0.15, 0.2) is 18.2 Å². The van der Waals surface area contributed by atoms with E-state index in [0.717, 1.165) is 25.5 Å². The number of aryl methyl sites for hydroxylation is 1. The lowest BCUT2D eigenvalue weighted by molar-refractivity contribution is -0.0591. The van der Waals surface area contributed by atoms with Gasteiger partial charge in [0.2, 0.25) is 0 Å². The topological polar surface area (TPSA) is 30.5 Å². The van der Waals surface area contributed by atoms with E-state index >= 15 is 0 Å². The first-order chi connectivity index (χ1) is 7.72. The lowest BCUT2D eigenvalue weighted by atomic mass is 9.77. The summed E-state index contributed by atoms with van der Waals surface area (Å²) in [6, 6.07) is 6.33. The van der Waals surface area contributed by atoms with E-state index in [-0.39, 0.29) is 5.41 Å². The van der Waals surface area contributed by atoms with Gasteiger partial charge in [0.15, 0.2) is 0 Å². The van der Waals surface area contributed by atoms with Crippen LogP contribution in [0.5, 0.6) is 5.75 Å². The normalized spacial score (nSPS) is 17.9. The second kappa shape index (κ2) is 4.44. The van der Waals surface area contributed by atoms with Gasteiger partial charge >= 0.3 is 0 Å². The maximum Gasteiger partial charge on any atom is 0.122 e. The quantitative estimate of drug-likeness (QED) is 0.835. The lowest BCUT2D eigenvalue weighted by Crippen LogP contribution is -2.53. The van der Waals surface area contributed by atoms with Crippen LogP contribution in [-0.4, -0.2) is 33.9 Å². The summed E-state index contributed by atoms with van der Waals surface area (Å²) in [6.45, 7) is 4.57. The highest BCUT2D eigenvalue weighted by Gasteiger charge is 2.41. The van der Waals surface area contributed by atoms with Crippen LogP contribution in [0.4, 0.5) is 0 Å². The lowest BCUT2D eigenvalue weighted by Gasteiger charge is -2.42. The minimum atomic E-state index is 0.0894. The summed E-state index contributed by atoms with van der Waals surface area (Å²) in [6.07, 6.45) is 0. The van der Waals surface area contributed by atoms with Gasteiger partial charge in [-0.2, -0.15) is 0 Å². The van der Waals surface area contributed by atoms with E-state index in [1.807, 2.05) is 13.1 Å². The molecule has 0 bridgehead atoms. The van der Waals surface area contributed by atoms with Crippen LogP contribution in [-0.2, 0) is 10.2 Å². The Morgan fingerprint density at radius 2 is 2.19 bits per heavy atom.